The second-order valence-electron chi connectivity index (χ2n) is 4.77. The maximum Gasteiger partial charge on any atom is 0.316 e. The third kappa shape index (κ3) is 6.08. The predicted molar refractivity (Wildman–Crippen MR) is 95.6 cm³/mol. The van der Waals surface area contributed by atoms with Crippen LogP contribution in [0.3, 0.4) is 0 Å². The minimum Gasteiger partial charge on any atom is -0.455 e. The normalized spacial score (nSPS) is 10.2. The van der Waals surface area contributed by atoms with Crippen LogP contribution in [0.15, 0.2) is 57.9 Å². The first kappa shape index (κ1) is 17.6. The van der Waals surface area contributed by atoms with Crippen LogP contribution in [0.5, 0.6) is 0 Å². The molecule has 2 aromatic carbocycles. The van der Waals surface area contributed by atoms with E-state index in [1.165, 1.54) is 11.8 Å². The van der Waals surface area contributed by atoms with E-state index in [0.717, 1.165) is 20.6 Å². The fraction of sp³-hybridized carbons (Fsp3) is 0.176. The molecule has 0 heterocycles. The van der Waals surface area contributed by atoms with Crippen molar-refractivity contribution in [3.05, 3.63) is 58.6 Å². The van der Waals surface area contributed by atoms with Crippen LogP contribution in [0.1, 0.15) is 5.56 Å². The number of rotatable bonds is 6. The van der Waals surface area contributed by atoms with Crippen LogP contribution in [0.4, 0.5) is 5.69 Å². The molecule has 2 rings (SSSR count). The largest absolute Gasteiger partial charge is 0.455 e. The summed E-state index contributed by atoms with van der Waals surface area (Å²) < 4.78 is 5.96. The highest BCUT2D eigenvalue weighted by molar-refractivity contribution is 9.10. The molecule has 0 spiro atoms. The first-order chi connectivity index (χ1) is 11.0. The second kappa shape index (κ2) is 8.74. The van der Waals surface area contributed by atoms with Crippen LogP contribution in [0.2, 0.25) is 0 Å². The molecule has 0 aliphatic carbocycles. The van der Waals surface area contributed by atoms with Crippen LogP contribution in [0.25, 0.3) is 0 Å². The summed E-state index contributed by atoms with van der Waals surface area (Å²) in [7, 11) is 0. The molecule has 1 N–H and O–H groups in total. The summed E-state index contributed by atoms with van der Waals surface area (Å²) in [6.07, 6.45) is 0. The molecule has 0 bridgehead atoms. The summed E-state index contributed by atoms with van der Waals surface area (Å²) in [6.45, 7) is 1.62. The molecular weight excluding hydrogens is 378 g/mol. The number of hydrogen-bond donors (Lipinski definition) is 1. The van der Waals surface area contributed by atoms with Gasteiger partial charge in [0.15, 0.2) is 6.61 Å². The molecule has 120 valence electrons. The van der Waals surface area contributed by atoms with Crippen LogP contribution in [-0.2, 0) is 14.3 Å². The zero-order valence-electron chi connectivity index (χ0n) is 12.5. The highest BCUT2D eigenvalue weighted by Crippen LogP contribution is 2.20. The second-order valence-corrected chi connectivity index (χ2v) is 6.73. The number of thioether (sulfide) groups is 1. The molecule has 0 aliphatic rings. The Labute approximate surface area is 147 Å². The number of benzene rings is 2. The molecule has 2 aromatic rings. The van der Waals surface area contributed by atoms with Crippen LogP contribution < -0.4 is 5.32 Å². The van der Waals surface area contributed by atoms with Gasteiger partial charge in [0.05, 0.1) is 5.75 Å². The van der Waals surface area contributed by atoms with Gasteiger partial charge >= 0.3 is 5.97 Å². The SMILES string of the molecule is Cc1ccccc1NC(=O)COC(=O)CSc1ccc(Br)cc1. The summed E-state index contributed by atoms with van der Waals surface area (Å²) in [5.41, 5.74) is 1.68. The number of anilines is 1. The van der Waals surface area contributed by atoms with E-state index in [-0.39, 0.29) is 18.3 Å². The standard InChI is InChI=1S/C17H16BrNO3S/c1-12-4-2-3-5-15(12)19-16(20)10-22-17(21)11-23-14-8-6-13(18)7-9-14/h2-9H,10-11H2,1H3,(H,19,20). The summed E-state index contributed by atoms with van der Waals surface area (Å²) >= 11 is 4.72. The van der Waals surface area contributed by atoms with E-state index in [4.69, 9.17) is 4.74 Å². The summed E-state index contributed by atoms with van der Waals surface area (Å²) in [4.78, 5) is 24.4. The van der Waals surface area contributed by atoms with Crippen LogP contribution in [0, 0.1) is 6.92 Å². The fourth-order valence-electron chi connectivity index (χ4n) is 1.76. The smallest absolute Gasteiger partial charge is 0.316 e. The Kier molecular flexibility index (Phi) is 6.67. The van der Waals surface area contributed by atoms with Crippen LogP contribution in [-0.4, -0.2) is 24.2 Å². The molecule has 0 aromatic heterocycles. The number of para-hydroxylation sites is 1. The Morgan fingerprint density at radius 3 is 2.52 bits per heavy atom. The van der Waals surface area contributed by atoms with Gasteiger partial charge in [-0.1, -0.05) is 34.1 Å². The Bertz CT molecular complexity index is 688. The van der Waals surface area contributed by atoms with E-state index < -0.39 is 5.97 Å². The average Bonchev–Trinajstić information content (AvgIpc) is 2.54. The zero-order chi connectivity index (χ0) is 16.7. The third-order valence-electron chi connectivity index (χ3n) is 2.95. The molecule has 23 heavy (non-hydrogen) atoms. The predicted octanol–water partition coefficient (Wildman–Crippen LogP) is 4.03. The van der Waals surface area contributed by atoms with E-state index in [9.17, 15) is 9.59 Å². The van der Waals surface area contributed by atoms with Gasteiger partial charge in [-0.05, 0) is 42.8 Å². The molecule has 6 heteroatoms. The Morgan fingerprint density at radius 1 is 1.13 bits per heavy atom. The lowest BCUT2D eigenvalue weighted by molar-refractivity contribution is -0.144. The van der Waals surface area contributed by atoms with Crippen molar-refractivity contribution in [3.8, 4) is 0 Å². The monoisotopic (exact) mass is 393 g/mol. The molecule has 0 radical (unpaired) electrons. The van der Waals surface area contributed by atoms with E-state index in [2.05, 4.69) is 21.2 Å². The lowest BCUT2D eigenvalue weighted by atomic mass is 10.2. The third-order valence-corrected chi connectivity index (χ3v) is 4.47. The van der Waals surface area contributed by atoms with Crippen molar-refractivity contribution in [2.24, 2.45) is 0 Å². The topological polar surface area (TPSA) is 55.4 Å². The molecular formula is C17H16BrNO3S. The Morgan fingerprint density at radius 2 is 1.83 bits per heavy atom. The number of aryl methyl sites for hydroxylation is 1. The highest BCUT2D eigenvalue weighted by atomic mass is 79.9. The summed E-state index contributed by atoms with van der Waals surface area (Å²) in [6, 6.07) is 15.1. The number of halogens is 1. The summed E-state index contributed by atoms with van der Waals surface area (Å²) in [5, 5.41) is 2.72. The maximum atomic E-state index is 11.8. The fourth-order valence-corrected chi connectivity index (χ4v) is 2.72. The van der Waals surface area contributed by atoms with Crippen molar-refractivity contribution in [2.45, 2.75) is 11.8 Å². The zero-order valence-corrected chi connectivity index (χ0v) is 14.9. The average molecular weight is 394 g/mol. The molecule has 0 fully saturated rings. The van der Waals surface area contributed by atoms with E-state index in [1.54, 1.807) is 6.07 Å². The van der Waals surface area contributed by atoms with Gasteiger partial charge < -0.3 is 10.1 Å². The number of ether oxygens (including phenoxy) is 1. The Hall–Kier alpha value is -1.79. The van der Waals surface area contributed by atoms with Crippen molar-refractivity contribution in [1.82, 2.24) is 0 Å². The number of amides is 1. The van der Waals surface area contributed by atoms with Gasteiger partial charge in [-0.15, -0.1) is 11.8 Å². The van der Waals surface area contributed by atoms with E-state index in [0.29, 0.717) is 0 Å². The molecule has 4 nitrogen and oxygen atoms in total. The van der Waals surface area contributed by atoms with Gasteiger partial charge in [-0.25, -0.2) is 0 Å². The highest BCUT2D eigenvalue weighted by Gasteiger charge is 2.09. The quantitative estimate of drug-likeness (QED) is 0.594. The number of esters is 1. The van der Waals surface area contributed by atoms with E-state index >= 15 is 0 Å². The van der Waals surface area contributed by atoms with Gasteiger partial charge in [0.1, 0.15) is 0 Å². The van der Waals surface area contributed by atoms with Crippen molar-refractivity contribution in [2.75, 3.05) is 17.7 Å². The number of carbonyl (C=O) groups excluding carboxylic acids is 2. The lowest BCUT2D eigenvalue weighted by Crippen LogP contribution is -2.22. The minimum atomic E-state index is -0.419. The van der Waals surface area contributed by atoms with E-state index in [1.807, 2.05) is 49.4 Å². The first-order valence-corrected chi connectivity index (χ1v) is 8.72. The van der Waals surface area contributed by atoms with Crippen molar-refractivity contribution in [3.63, 3.8) is 0 Å². The number of carbonyl (C=O) groups is 2. The van der Waals surface area contributed by atoms with Crippen LogP contribution >= 0.6 is 27.7 Å². The van der Waals surface area contributed by atoms with Crippen molar-refractivity contribution in [1.29, 1.82) is 0 Å². The molecule has 0 saturated heterocycles. The maximum absolute atomic E-state index is 11.8. The van der Waals surface area contributed by atoms with Crippen molar-refractivity contribution >= 4 is 45.3 Å². The Balaban J connectivity index is 1.72. The minimum absolute atomic E-state index is 0.166. The van der Waals surface area contributed by atoms with Gasteiger partial charge in [0.2, 0.25) is 0 Å². The molecule has 0 atom stereocenters. The van der Waals surface area contributed by atoms with Gasteiger partial charge in [-0.3, -0.25) is 9.59 Å². The first-order valence-electron chi connectivity index (χ1n) is 6.94. The molecule has 0 aliphatic heterocycles. The molecule has 1 amide bonds. The molecule has 0 saturated carbocycles. The number of nitrogens with one attached hydrogen (secondary N) is 1. The lowest BCUT2D eigenvalue weighted by Gasteiger charge is -2.08. The number of hydrogen-bond acceptors (Lipinski definition) is 4. The molecule has 0 unspecified atom stereocenters. The van der Waals surface area contributed by atoms with Gasteiger partial charge in [-0.2, -0.15) is 0 Å². The summed E-state index contributed by atoms with van der Waals surface area (Å²) in [5.74, 6) is -0.599. The van der Waals surface area contributed by atoms with Gasteiger partial charge in [0, 0.05) is 15.1 Å². The van der Waals surface area contributed by atoms with Gasteiger partial charge in [0.25, 0.3) is 5.91 Å². The van der Waals surface area contributed by atoms with Crippen molar-refractivity contribution < 1.29 is 14.3 Å².